The Labute approximate surface area is 82.9 Å². The first-order chi connectivity index (χ1) is 6.56. The molecule has 0 unspecified atom stereocenters. The molecule has 1 fully saturated rings. The summed E-state index contributed by atoms with van der Waals surface area (Å²) in [4.78, 5) is 23.0. The third-order valence-corrected chi connectivity index (χ3v) is 2.61. The molecule has 4 nitrogen and oxygen atoms in total. The predicted octanol–water partition coefficient (Wildman–Crippen LogP) is 1.06. The van der Waals surface area contributed by atoms with Gasteiger partial charge in [-0.2, -0.15) is 0 Å². The lowest BCUT2D eigenvalue weighted by Gasteiger charge is -2.21. The zero-order valence-corrected chi connectivity index (χ0v) is 8.46. The summed E-state index contributed by atoms with van der Waals surface area (Å²) in [6.45, 7) is 3.77. The van der Waals surface area contributed by atoms with Gasteiger partial charge in [0.25, 0.3) is 0 Å². The minimum Gasteiger partial charge on any atom is -0.468 e. The topological polar surface area (TPSA) is 52.6 Å². The van der Waals surface area contributed by atoms with Crippen LogP contribution in [0.1, 0.15) is 19.3 Å². The second-order valence-electron chi connectivity index (χ2n) is 3.49. The van der Waals surface area contributed by atoms with E-state index in [9.17, 15) is 9.59 Å². The molecular weight excluding hydrogens is 184 g/mol. The van der Waals surface area contributed by atoms with Gasteiger partial charge in [0.2, 0.25) is 0 Å². The average molecular weight is 198 g/mol. The zero-order chi connectivity index (χ0) is 10.8. The summed E-state index contributed by atoms with van der Waals surface area (Å²) in [6.07, 6.45) is 1.45. The summed E-state index contributed by atoms with van der Waals surface area (Å²) >= 11 is 0. The van der Waals surface area contributed by atoms with Crippen LogP contribution in [-0.4, -0.2) is 26.2 Å². The van der Waals surface area contributed by atoms with Crippen LogP contribution in [-0.2, 0) is 19.1 Å². The second-order valence-corrected chi connectivity index (χ2v) is 3.49. The van der Waals surface area contributed by atoms with Crippen molar-refractivity contribution in [1.29, 1.82) is 0 Å². The van der Waals surface area contributed by atoms with Crippen LogP contribution < -0.4 is 0 Å². The number of carbonyl (C=O) groups is 2. The van der Waals surface area contributed by atoms with Crippen molar-refractivity contribution in [2.24, 2.45) is 5.41 Å². The SMILES string of the molecule is C=C1CCC(C(=O)OC)(C(=O)OC)C1. The summed E-state index contributed by atoms with van der Waals surface area (Å²) in [7, 11) is 2.54. The van der Waals surface area contributed by atoms with Crippen LogP contribution in [0.4, 0.5) is 0 Å². The van der Waals surface area contributed by atoms with Crippen molar-refractivity contribution in [3.8, 4) is 0 Å². The molecule has 0 atom stereocenters. The zero-order valence-electron chi connectivity index (χ0n) is 8.46. The molecule has 0 amide bonds. The second kappa shape index (κ2) is 3.82. The Bertz CT molecular complexity index is 264. The number of rotatable bonds is 2. The van der Waals surface area contributed by atoms with Gasteiger partial charge in [-0.05, 0) is 19.3 Å². The van der Waals surface area contributed by atoms with Crippen LogP contribution in [0.15, 0.2) is 12.2 Å². The molecule has 0 N–H and O–H groups in total. The first kappa shape index (κ1) is 10.8. The third kappa shape index (κ3) is 1.52. The number of carbonyl (C=O) groups excluding carboxylic acids is 2. The molecule has 1 aliphatic rings. The van der Waals surface area contributed by atoms with Crippen molar-refractivity contribution >= 4 is 11.9 Å². The van der Waals surface area contributed by atoms with Crippen molar-refractivity contribution in [1.82, 2.24) is 0 Å². The number of ether oxygens (including phenoxy) is 2. The number of hydrogen-bond acceptors (Lipinski definition) is 4. The maximum atomic E-state index is 11.5. The van der Waals surface area contributed by atoms with E-state index in [-0.39, 0.29) is 0 Å². The fourth-order valence-corrected chi connectivity index (χ4v) is 1.82. The Balaban J connectivity index is 2.97. The Kier molecular flexibility index (Phi) is 2.93. The molecule has 0 heterocycles. The van der Waals surface area contributed by atoms with Crippen LogP contribution in [0.3, 0.4) is 0 Å². The molecule has 0 aromatic heterocycles. The van der Waals surface area contributed by atoms with Crippen LogP contribution in [0.25, 0.3) is 0 Å². The molecule has 0 saturated heterocycles. The summed E-state index contributed by atoms with van der Waals surface area (Å²) in [5, 5.41) is 0. The molecule has 0 aliphatic heterocycles. The van der Waals surface area contributed by atoms with Gasteiger partial charge in [0.1, 0.15) is 0 Å². The van der Waals surface area contributed by atoms with Crippen LogP contribution in [0.5, 0.6) is 0 Å². The third-order valence-electron chi connectivity index (χ3n) is 2.61. The standard InChI is InChI=1S/C10H14O4/c1-7-4-5-10(6-7,8(11)13-2)9(12)14-3/h1,4-6H2,2-3H3. The summed E-state index contributed by atoms with van der Waals surface area (Å²) in [6, 6.07) is 0. The molecule has 1 rings (SSSR count). The van der Waals surface area contributed by atoms with E-state index in [1.54, 1.807) is 0 Å². The van der Waals surface area contributed by atoms with Crippen molar-refractivity contribution in [2.75, 3.05) is 14.2 Å². The highest BCUT2D eigenvalue weighted by Gasteiger charge is 2.51. The van der Waals surface area contributed by atoms with E-state index in [1.165, 1.54) is 14.2 Å². The van der Waals surface area contributed by atoms with Crippen molar-refractivity contribution in [2.45, 2.75) is 19.3 Å². The largest absolute Gasteiger partial charge is 0.468 e. The highest BCUT2D eigenvalue weighted by Crippen LogP contribution is 2.42. The smallest absolute Gasteiger partial charge is 0.323 e. The number of methoxy groups -OCH3 is 2. The van der Waals surface area contributed by atoms with Gasteiger partial charge in [0.15, 0.2) is 5.41 Å². The lowest BCUT2D eigenvalue weighted by molar-refractivity contribution is -0.168. The van der Waals surface area contributed by atoms with Crippen molar-refractivity contribution < 1.29 is 19.1 Å². The van der Waals surface area contributed by atoms with E-state index in [1.807, 2.05) is 0 Å². The minimum atomic E-state index is -1.14. The molecule has 0 aromatic rings. The normalized spacial score (nSPS) is 19.1. The monoisotopic (exact) mass is 198 g/mol. The van der Waals surface area contributed by atoms with Gasteiger partial charge >= 0.3 is 11.9 Å². The number of hydrogen-bond donors (Lipinski definition) is 0. The van der Waals surface area contributed by atoms with E-state index in [2.05, 4.69) is 16.1 Å². The maximum Gasteiger partial charge on any atom is 0.323 e. The predicted molar refractivity (Wildman–Crippen MR) is 49.5 cm³/mol. The molecule has 78 valence electrons. The van der Waals surface area contributed by atoms with Crippen LogP contribution in [0.2, 0.25) is 0 Å². The Morgan fingerprint density at radius 1 is 1.29 bits per heavy atom. The summed E-state index contributed by atoms with van der Waals surface area (Å²) < 4.78 is 9.26. The summed E-state index contributed by atoms with van der Waals surface area (Å²) in [5.74, 6) is -1.05. The molecule has 0 radical (unpaired) electrons. The van der Waals surface area contributed by atoms with E-state index in [0.29, 0.717) is 19.3 Å². The number of esters is 2. The van der Waals surface area contributed by atoms with Gasteiger partial charge in [-0.1, -0.05) is 12.2 Å². The molecule has 4 heteroatoms. The van der Waals surface area contributed by atoms with Crippen LogP contribution >= 0.6 is 0 Å². The van der Waals surface area contributed by atoms with E-state index in [0.717, 1.165) is 5.57 Å². The molecule has 14 heavy (non-hydrogen) atoms. The molecule has 1 saturated carbocycles. The van der Waals surface area contributed by atoms with E-state index < -0.39 is 17.4 Å². The van der Waals surface area contributed by atoms with E-state index in [4.69, 9.17) is 0 Å². The lowest BCUT2D eigenvalue weighted by Crippen LogP contribution is -2.38. The first-order valence-corrected chi connectivity index (χ1v) is 4.40. The Morgan fingerprint density at radius 3 is 2.07 bits per heavy atom. The lowest BCUT2D eigenvalue weighted by atomic mass is 9.86. The average Bonchev–Trinajstić information content (AvgIpc) is 2.59. The molecular formula is C10H14O4. The highest BCUT2D eigenvalue weighted by molar-refractivity contribution is 6.00. The minimum absolute atomic E-state index is 0.340. The molecule has 1 aliphatic carbocycles. The quantitative estimate of drug-likeness (QED) is 0.378. The van der Waals surface area contributed by atoms with Gasteiger partial charge in [0.05, 0.1) is 14.2 Å². The highest BCUT2D eigenvalue weighted by atomic mass is 16.5. The maximum absolute atomic E-state index is 11.5. The fraction of sp³-hybridized carbons (Fsp3) is 0.600. The van der Waals surface area contributed by atoms with Crippen molar-refractivity contribution in [3.05, 3.63) is 12.2 Å². The van der Waals surface area contributed by atoms with Gasteiger partial charge in [-0.15, -0.1) is 0 Å². The summed E-state index contributed by atoms with van der Waals surface area (Å²) in [5.41, 5.74) is -0.249. The Morgan fingerprint density at radius 2 is 1.79 bits per heavy atom. The van der Waals surface area contributed by atoms with Crippen LogP contribution in [0, 0.1) is 5.41 Å². The molecule has 0 spiro atoms. The van der Waals surface area contributed by atoms with E-state index >= 15 is 0 Å². The molecule has 0 bridgehead atoms. The fourth-order valence-electron chi connectivity index (χ4n) is 1.82. The number of allylic oxidation sites excluding steroid dienone is 1. The van der Waals surface area contributed by atoms with Crippen molar-refractivity contribution in [3.63, 3.8) is 0 Å². The Hall–Kier alpha value is -1.32. The van der Waals surface area contributed by atoms with Gasteiger partial charge in [-0.25, -0.2) is 0 Å². The van der Waals surface area contributed by atoms with Gasteiger partial charge in [0, 0.05) is 0 Å². The van der Waals surface area contributed by atoms with Gasteiger partial charge in [-0.3, -0.25) is 9.59 Å². The molecule has 0 aromatic carbocycles. The van der Waals surface area contributed by atoms with Gasteiger partial charge < -0.3 is 9.47 Å². The first-order valence-electron chi connectivity index (χ1n) is 4.40.